The number of aromatic amines is 1. The van der Waals surface area contributed by atoms with Crippen LogP contribution in [-0.4, -0.2) is 21.7 Å². The summed E-state index contributed by atoms with van der Waals surface area (Å²) in [4.78, 5) is 31.5. The number of rotatable bonds is 5. The smallest absolute Gasteiger partial charge is 0.291 e. The van der Waals surface area contributed by atoms with E-state index >= 15 is 0 Å². The fourth-order valence-electron chi connectivity index (χ4n) is 3.31. The Labute approximate surface area is 170 Å². The molecule has 1 aliphatic rings. The number of carbonyl (C=O) groups is 1. The van der Waals surface area contributed by atoms with Crippen LogP contribution >= 0.6 is 23.1 Å². The largest absolute Gasteiger partial charge is 0.325 e. The van der Waals surface area contributed by atoms with Crippen LogP contribution in [0, 0.1) is 0 Å². The predicted octanol–water partition coefficient (Wildman–Crippen LogP) is 3.37. The molecule has 0 bridgehead atoms. The van der Waals surface area contributed by atoms with E-state index < -0.39 is 6.17 Å². The molecule has 8 heteroatoms. The molecule has 1 aromatic carbocycles. The van der Waals surface area contributed by atoms with Gasteiger partial charge in [-0.25, -0.2) is 4.90 Å². The van der Waals surface area contributed by atoms with Crippen LogP contribution in [0.4, 0.5) is 5.69 Å². The number of H-pyrrole nitrogens is 1. The molecule has 142 valence electrons. The number of nitrogens with one attached hydrogen (secondary N) is 1. The predicted molar refractivity (Wildman–Crippen MR) is 112 cm³/mol. The minimum Gasteiger partial charge on any atom is -0.291 e. The fourth-order valence-corrected chi connectivity index (χ4v) is 4.70. The van der Waals surface area contributed by atoms with Crippen molar-refractivity contribution in [3.63, 3.8) is 0 Å². The Bertz CT molecular complexity index is 1090. The Morgan fingerprint density at radius 1 is 1.39 bits per heavy atom. The molecule has 1 amide bonds. The summed E-state index contributed by atoms with van der Waals surface area (Å²) in [7, 11) is 0. The number of para-hydroxylation sites is 1. The van der Waals surface area contributed by atoms with E-state index in [1.165, 1.54) is 23.1 Å². The molecule has 0 saturated heterocycles. The van der Waals surface area contributed by atoms with Crippen LogP contribution in [-0.2, 0) is 4.79 Å². The van der Waals surface area contributed by atoms with Gasteiger partial charge in [0.2, 0.25) is 11.1 Å². The zero-order valence-electron chi connectivity index (χ0n) is 15.3. The van der Waals surface area contributed by atoms with Crippen molar-refractivity contribution in [2.24, 2.45) is 0 Å². The summed E-state index contributed by atoms with van der Waals surface area (Å²) in [5.41, 5.74) is 1.66. The van der Waals surface area contributed by atoms with Gasteiger partial charge in [0.25, 0.3) is 0 Å². The third kappa shape index (κ3) is 3.08. The molecule has 0 aliphatic carbocycles. The van der Waals surface area contributed by atoms with Gasteiger partial charge in [-0.15, -0.1) is 17.9 Å². The van der Waals surface area contributed by atoms with E-state index in [1.807, 2.05) is 48.7 Å². The maximum atomic E-state index is 13.0. The van der Waals surface area contributed by atoms with Crippen LogP contribution in [0.2, 0.25) is 0 Å². The van der Waals surface area contributed by atoms with E-state index in [0.29, 0.717) is 28.6 Å². The Morgan fingerprint density at radius 3 is 2.93 bits per heavy atom. The van der Waals surface area contributed by atoms with Crippen molar-refractivity contribution in [2.75, 3.05) is 10.7 Å². The first-order valence-corrected chi connectivity index (χ1v) is 10.8. The number of nitrogens with zero attached hydrogens (tertiary/aromatic N) is 3. The number of anilines is 1. The van der Waals surface area contributed by atoms with Gasteiger partial charge in [-0.2, -0.15) is 0 Å². The van der Waals surface area contributed by atoms with E-state index in [2.05, 4.69) is 11.6 Å². The Hall–Kier alpha value is -2.71. The van der Waals surface area contributed by atoms with Crippen LogP contribution in [0.15, 0.2) is 64.4 Å². The highest BCUT2D eigenvalue weighted by molar-refractivity contribution is 7.99. The van der Waals surface area contributed by atoms with Gasteiger partial charge >= 0.3 is 17.4 Å². The lowest BCUT2D eigenvalue weighted by molar-refractivity contribution is -0.762. The molecule has 0 saturated carbocycles. The second-order valence-electron chi connectivity index (χ2n) is 6.18. The normalized spacial score (nSPS) is 15.0. The molecular weight excluding hydrogens is 392 g/mol. The second kappa shape index (κ2) is 7.73. The number of fused-ring (bicyclic) bond motifs is 3. The lowest BCUT2D eigenvalue weighted by Gasteiger charge is -2.31. The number of hydrogen-bond donors (Lipinski definition) is 1. The van der Waals surface area contributed by atoms with Crippen molar-refractivity contribution in [3.8, 4) is 11.3 Å². The highest BCUT2D eigenvalue weighted by Gasteiger charge is 2.45. The first-order chi connectivity index (χ1) is 13.7. The summed E-state index contributed by atoms with van der Waals surface area (Å²) in [5, 5.41) is 7.17. The molecule has 0 spiro atoms. The van der Waals surface area contributed by atoms with Gasteiger partial charge < -0.3 is 0 Å². The summed E-state index contributed by atoms with van der Waals surface area (Å²) >= 11 is 2.94. The zero-order chi connectivity index (χ0) is 19.7. The minimum absolute atomic E-state index is 0.0219. The third-order valence-corrected chi connectivity index (χ3v) is 6.24. The fraction of sp³-hybridized carbons (Fsp3) is 0.200. The number of hydrogen-bond acceptors (Lipinski definition) is 5. The van der Waals surface area contributed by atoms with Crippen LogP contribution in [0.5, 0.6) is 0 Å². The van der Waals surface area contributed by atoms with Crippen LogP contribution in [0.3, 0.4) is 0 Å². The molecule has 4 rings (SSSR count). The SMILES string of the molecule is C=CCSc1n[n+]2c(c(=O)[nH]1)-c1ccccc1N(C(=O)CC)[C@@H]2c1cccs1. The van der Waals surface area contributed by atoms with Crippen molar-refractivity contribution >= 4 is 34.7 Å². The minimum atomic E-state index is -0.497. The molecule has 28 heavy (non-hydrogen) atoms. The summed E-state index contributed by atoms with van der Waals surface area (Å²) in [5.74, 6) is 0.603. The van der Waals surface area contributed by atoms with Crippen LogP contribution < -0.4 is 15.1 Å². The number of aromatic nitrogens is 3. The topological polar surface area (TPSA) is 69.9 Å². The van der Waals surface area contributed by atoms with E-state index in [4.69, 9.17) is 5.10 Å². The van der Waals surface area contributed by atoms with E-state index in [0.717, 1.165) is 10.6 Å². The monoisotopic (exact) mass is 411 g/mol. The maximum absolute atomic E-state index is 13.0. The Kier molecular flexibility index (Phi) is 5.15. The van der Waals surface area contributed by atoms with E-state index in [9.17, 15) is 9.59 Å². The van der Waals surface area contributed by atoms with Gasteiger partial charge in [0.05, 0.1) is 16.1 Å². The van der Waals surface area contributed by atoms with Crippen molar-refractivity contribution in [1.29, 1.82) is 0 Å². The van der Waals surface area contributed by atoms with Crippen LogP contribution in [0.1, 0.15) is 24.4 Å². The van der Waals surface area contributed by atoms with Gasteiger partial charge in [-0.3, -0.25) is 14.6 Å². The van der Waals surface area contributed by atoms with Crippen LogP contribution in [0.25, 0.3) is 11.3 Å². The van der Waals surface area contributed by atoms with Crippen molar-refractivity contribution in [3.05, 3.63) is 69.7 Å². The number of amides is 1. The molecule has 3 aromatic rings. The second-order valence-corrected chi connectivity index (χ2v) is 8.16. The average Bonchev–Trinajstić information content (AvgIpc) is 3.24. The Balaban J connectivity index is 2.02. The number of thiophene rings is 1. The quantitative estimate of drug-likeness (QED) is 0.397. The van der Waals surface area contributed by atoms with Gasteiger partial charge in [0.1, 0.15) is 0 Å². The first-order valence-electron chi connectivity index (χ1n) is 8.90. The van der Waals surface area contributed by atoms with Gasteiger partial charge in [0.15, 0.2) is 0 Å². The molecule has 1 aliphatic heterocycles. The molecule has 0 unspecified atom stereocenters. The van der Waals surface area contributed by atoms with Crippen molar-refractivity contribution < 1.29 is 9.48 Å². The van der Waals surface area contributed by atoms with Gasteiger partial charge in [-0.1, -0.05) is 43.0 Å². The average molecular weight is 412 g/mol. The van der Waals surface area contributed by atoms with Crippen molar-refractivity contribution in [2.45, 2.75) is 24.7 Å². The Morgan fingerprint density at radius 2 is 2.21 bits per heavy atom. The molecule has 2 aromatic heterocycles. The van der Waals surface area contributed by atoms with Gasteiger partial charge in [-0.05, 0) is 28.3 Å². The number of benzene rings is 1. The maximum Gasteiger partial charge on any atom is 0.325 e. The third-order valence-electron chi connectivity index (χ3n) is 4.46. The number of thioether (sulfide) groups is 1. The number of carbonyl (C=O) groups excluding carboxylic acids is 1. The summed E-state index contributed by atoms with van der Waals surface area (Å²) in [6.07, 6.45) is 1.61. The first kappa shape index (κ1) is 18.6. The zero-order valence-corrected chi connectivity index (χ0v) is 16.9. The molecule has 0 fully saturated rings. The molecule has 3 heterocycles. The lowest BCUT2D eigenvalue weighted by atomic mass is 10.0. The highest BCUT2D eigenvalue weighted by atomic mass is 32.2. The van der Waals surface area contributed by atoms with Crippen molar-refractivity contribution in [1.82, 2.24) is 10.1 Å². The molecule has 1 atom stereocenters. The molecule has 0 radical (unpaired) electrons. The highest BCUT2D eigenvalue weighted by Crippen LogP contribution is 2.38. The van der Waals surface area contributed by atoms with Gasteiger partial charge in [0, 0.05) is 17.3 Å². The summed E-state index contributed by atoms with van der Waals surface area (Å²) in [6, 6.07) is 11.4. The molecular formula is C20H19N4O2S2+. The van der Waals surface area contributed by atoms with E-state index in [-0.39, 0.29) is 11.5 Å². The molecule has 6 nitrogen and oxygen atoms in total. The standard InChI is InChI=1S/C20H18N4O2S2/c1-3-11-28-20-21-18(26)17-13-8-5-6-9-14(13)23(16(25)4-2)19(24(17)22-20)15-10-7-12-27-15/h3,5-10,12,19H,1,4,11H2,2H3/p+1/t19-/m0/s1. The lowest BCUT2D eigenvalue weighted by Crippen LogP contribution is -2.60. The summed E-state index contributed by atoms with van der Waals surface area (Å²) in [6.45, 7) is 5.56. The molecule has 1 N–H and O–H groups in total. The van der Waals surface area contributed by atoms with E-state index in [1.54, 1.807) is 15.7 Å². The summed E-state index contributed by atoms with van der Waals surface area (Å²) < 4.78 is 1.69.